The van der Waals surface area contributed by atoms with Gasteiger partial charge in [0.25, 0.3) is 0 Å². The van der Waals surface area contributed by atoms with Crippen molar-refractivity contribution in [2.45, 2.75) is 26.3 Å². The highest BCUT2D eigenvalue weighted by molar-refractivity contribution is 6.35. The minimum atomic E-state index is -0.419. The lowest BCUT2D eigenvalue weighted by molar-refractivity contribution is 0.336. The van der Waals surface area contributed by atoms with E-state index in [-0.39, 0.29) is 11.1 Å². The van der Waals surface area contributed by atoms with Gasteiger partial charge in [-0.2, -0.15) is 0 Å². The molecule has 2 nitrogen and oxygen atoms in total. The Balaban J connectivity index is 1.92. The van der Waals surface area contributed by atoms with Crippen molar-refractivity contribution in [3.63, 3.8) is 0 Å². The first-order valence-corrected chi connectivity index (χ1v) is 7.87. The van der Waals surface area contributed by atoms with Crippen LogP contribution in [0.4, 0.5) is 4.39 Å². The van der Waals surface area contributed by atoms with Crippen molar-refractivity contribution in [1.29, 1.82) is 0 Å². The zero-order valence-electron chi connectivity index (χ0n) is 11.9. The number of hydrogen-bond donors (Lipinski definition) is 1. The highest BCUT2D eigenvalue weighted by Gasteiger charge is 2.22. The molecule has 0 radical (unpaired) electrons. The fraction of sp³-hybridized carbons (Fsp3) is 0.600. The molecular weight excluding hydrogens is 298 g/mol. The lowest BCUT2D eigenvalue weighted by Crippen LogP contribution is -2.28. The van der Waals surface area contributed by atoms with E-state index >= 15 is 0 Å². The Hall–Kier alpha value is -0.350. The summed E-state index contributed by atoms with van der Waals surface area (Å²) in [6, 6.07) is 2.92. The Labute approximate surface area is 130 Å². The molecule has 0 spiro atoms. The summed E-state index contributed by atoms with van der Waals surface area (Å²) in [5.74, 6) is 0.242. The molecule has 2 unspecified atom stereocenters. The zero-order chi connectivity index (χ0) is 14.7. The third kappa shape index (κ3) is 3.85. The number of likely N-dealkylation sites (tertiary alicyclic amines) is 1. The lowest BCUT2D eigenvalue weighted by atomic mass is 10.1. The highest BCUT2D eigenvalue weighted by atomic mass is 35.5. The molecule has 0 amide bonds. The molecule has 112 valence electrons. The van der Waals surface area contributed by atoms with Crippen molar-refractivity contribution < 1.29 is 4.39 Å². The van der Waals surface area contributed by atoms with Crippen LogP contribution in [0.2, 0.25) is 10.0 Å². The van der Waals surface area contributed by atoms with Gasteiger partial charge in [0.15, 0.2) is 0 Å². The second-order valence-electron chi connectivity index (χ2n) is 5.47. The summed E-state index contributed by atoms with van der Waals surface area (Å²) >= 11 is 11.9. The van der Waals surface area contributed by atoms with Crippen molar-refractivity contribution in [3.8, 4) is 0 Å². The number of rotatable bonds is 5. The molecule has 1 saturated heterocycles. The van der Waals surface area contributed by atoms with Crippen LogP contribution >= 0.6 is 23.2 Å². The molecule has 5 heteroatoms. The zero-order valence-corrected chi connectivity index (χ0v) is 13.4. The van der Waals surface area contributed by atoms with E-state index in [0.29, 0.717) is 10.9 Å². The maximum atomic E-state index is 13.5. The van der Waals surface area contributed by atoms with Crippen LogP contribution in [0.25, 0.3) is 0 Å². The van der Waals surface area contributed by atoms with Gasteiger partial charge in [-0.3, -0.25) is 0 Å². The molecule has 0 aliphatic carbocycles. The predicted molar refractivity (Wildman–Crippen MR) is 83.1 cm³/mol. The molecule has 1 fully saturated rings. The monoisotopic (exact) mass is 318 g/mol. The first-order chi connectivity index (χ1) is 9.51. The van der Waals surface area contributed by atoms with Gasteiger partial charge in [0.05, 0.1) is 5.02 Å². The van der Waals surface area contributed by atoms with E-state index in [2.05, 4.69) is 17.1 Å². The number of benzene rings is 1. The molecule has 1 aromatic carbocycles. The van der Waals surface area contributed by atoms with Gasteiger partial charge < -0.3 is 10.2 Å². The van der Waals surface area contributed by atoms with E-state index in [4.69, 9.17) is 23.2 Å². The largest absolute Gasteiger partial charge is 0.310 e. The van der Waals surface area contributed by atoms with Crippen LogP contribution in [-0.2, 0) is 0 Å². The van der Waals surface area contributed by atoms with Gasteiger partial charge in [-0.05, 0) is 56.6 Å². The number of nitrogens with zero attached hydrogens (tertiary/aromatic N) is 1. The molecule has 1 aromatic rings. The molecule has 1 aliphatic heterocycles. The van der Waals surface area contributed by atoms with Gasteiger partial charge in [-0.1, -0.05) is 30.1 Å². The quantitative estimate of drug-likeness (QED) is 0.821. The Morgan fingerprint density at radius 3 is 2.80 bits per heavy atom. The van der Waals surface area contributed by atoms with Crippen LogP contribution in [0.5, 0.6) is 0 Å². The van der Waals surface area contributed by atoms with Crippen molar-refractivity contribution in [2.24, 2.45) is 5.92 Å². The van der Waals surface area contributed by atoms with Gasteiger partial charge in [-0.25, -0.2) is 4.39 Å². The predicted octanol–water partition coefficient (Wildman–Crippen LogP) is 4.12. The second-order valence-corrected chi connectivity index (χ2v) is 6.28. The average Bonchev–Trinajstić information content (AvgIpc) is 2.88. The van der Waals surface area contributed by atoms with Crippen LogP contribution in [0.3, 0.4) is 0 Å². The van der Waals surface area contributed by atoms with Crippen LogP contribution in [0, 0.1) is 11.7 Å². The fourth-order valence-electron chi connectivity index (χ4n) is 2.69. The molecule has 0 saturated carbocycles. The third-order valence-corrected chi connectivity index (χ3v) is 4.65. The molecule has 1 aliphatic rings. The average molecular weight is 319 g/mol. The van der Waals surface area contributed by atoms with E-state index in [1.54, 1.807) is 0 Å². The van der Waals surface area contributed by atoms with Crippen LogP contribution in [0.15, 0.2) is 12.1 Å². The molecule has 2 rings (SSSR count). The maximum absolute atomic E-state index is 13.5. The SMILES string of the molecule is CCN1CCC(CNC(C)c2cc(F)c(Cl)cc2Cl)C1. The lowest BCUT2D eigenvalue weighted by Gasteiger charge is -2.19. The second kappa shape index (κ2) is 7.08. The van der Waals surface area contributed by atoms with E-state index in [0.717, 1.165) is 25.2 Å². The van der Waals surface area contributed by atoms with Crippen molar-refractivity contribution in [3.05, 3.63) is 33.6 Å². The summed E-state index contributed by atoms with van der Waals surface area (Å²) in [4.78, 5) is 2.45. The third-order valence-electron chi connectivity index (χ3n) is 4.04. The molecule has 1 heterocycles. The molecule has 1 N–H and O–H groups in total. The number of nitrogens with one attached hydrogen (secondary N) is 1. The highest BCUT2D eigenvalue weighted by Crippen LogP contribution is 2.29. The molecular formula is C15H21Cl2FN2. The summed E-state index contributed by atoms with van der Waals surface area (Å²) in [7, 11) is 0. The summed E-state index contributed by atoms with van der Waals surface area (Å²) in [5, 5.41) is 4.03. The summed E-state index contributed by atoms with van der Waals surface area (Å²) in [5.41, 5.74) is 0.763. The number of hydrogen-bond acceptors (Lipinski definition) is 2. The fourth-order valence-corrected chi connectivity index (χ4v) is 3.24. The van der Waals surface area contributed by atoms with Crippen molar-refractivity contribution in [2.75, 3.05) is 26.2 Å². The smallest absolute Gasteiger partial charge is 0.142 e. The van der Waals surface area contributed by atoms with E-state index in [9.17, 15) is 4.39 Å². The van der Waals surface area contributed by atoms with Crippen molar-refractivity contribution >= 4 is 23.2 Å². The van der Waals surface area contributed by atoms with Crippen LogP contribution in [-0.4, -0.2) is 31.1 Å². The Bertz CT molecular complexity index is 467. The molecule has 0 bridgehead atoms. The van der Waals surface area contributed by atoms with Crippen LogP contribution < -0.4 is 5.32 Å². The summed E-state index contributed by atoms with van der Waals surface area (Å²) in [6.45, 7) is 8.54. The van der Waals surface area contributed by atoms with Gasteiger partial charge >= 0.3 is 0 Å². The Morgan fingerprint density at radius 2 is 2.15 bits per heavy atom. The topological polar surface area (TPSA) is 15.3 Å². The Morgan fingerprint density at radius 1 is 1.40 bits per heavy atom. The Kier molecular flexibility index (Phi) is 5.67. The van der Waals surface area contributed by atoms with E-state index in [1.165, 1.54) is 25.1 Å². The minimum Gasteiger partial charge on any atom is -0.310 e. The molecule has 2 atom stereocenters. The number of halogens is 3. The minimum absolute atomic E-state index is 0.0185. The van der Waals surface area contributed by atoms with Crippen LogP contribution in [0.1, 0.15) is 31.9 Å². The maximum Gasteiger partial charge on any atom is 0.142 e. The van der Waals surface area contributed by atoms with Gasteiger partial charge in [0.1, 0.15) is 5.82 Å². The summed E-state index contributed by atoms with van der Waals surface area (Å²) < 4.78 is 13.5. The molecule has 20 heavy (non-hydrogen) atoms. The van der Waals surface area contributed by atoms with Gasteiger partial charge in [0.2, 0.25) is 0 Å². The normalized spacial score (nSPS) is 21.4. The molecule has 0 aromatic heterocycles. The van der Waals surface area contributed by atoms with Crippen molar-refractivity contribution in [1.82, 2.24) is 10.2 Å². The first-order valence-electron chi connectivity index (χ1n) is 7.11. The van der Waals surface area contributed by atoms with Gasteiger partial charge in [0, 0.05) is 17.6 Å². The standard InChI is InChI=1S/C15H21Cl2FN2/c1-3-20-5-4-11(9-20)8-19-10(2)12-6-15(18)14(17)7-13(12)16/h6-7,10-11,19H,3-5,8-9H2,1-2H3. The first kappa shape index (κ1) is 16.0. The van der Waals surface area contributed by atoms with E-state index in [1.807, 2.05) is 6.92 Å². The van der Waals surface area contributed by atoms with Gasteiger partial charge in [-0.15, -0.1) is 0 Å². The van der Waals surface area contributed by atoms with E-state index < -0.39 is 5.82 Å². The summed E-state index contributed by atoms with van der Waals surface area (Å²) in [6.07, 6.45) is 1.22.